The van der Waals surface area contributed by atoms with Crippen LogP contribution in [0.25, 0.3) is 0 Å². The Balaban J connectivity index is 3.04. The van der Waals surface area contributed by atoms with Crippen molar-refractivity contribution in [1.29, 1.82) is 0 Å². The summed E-state index contributed by atoms with van der Waals surface area (Å²) in [6.07, 6.45) is 6.66. The van der Waals surface area contributed by atoms with E-state index in [-0.39, 0.29) is 0 Å². The molecule has 1 N–H and O–H groups in total. The highest BCUT2D eigenvalue weighted by Gasteiger charge is 2.47. The Hall–Kier alpha value is -0.0800. The van der Waals surface area contributed by atoms with E-state index < -0.39 is 0 Å². The maximum Gasteiger partial charge on any atom is 0.0364 e. The van der Waals surface area contributed by atoms with E-state index in [9.17, 15) is 0 Å². The minimum atomic E-state index is 0.302. The first-order valence-electron chi connectivity index (χ1n) is 8.15. The predicted octanol–water partition coefficient (Wildman–Crippen LogP) is 3.91. The smallest absolute Gasteiger partial charge is 0.0364 e. The fourth-order valence-corrected chi connectivity index (χ4v) is 4.08. The van der Waals surface area contributed by atoms with Gasteiger partial charge in [-0.1, -0.05) is 47.5 Å². The van der Waals surface area contributed by atoms with Crippen molar-refractivity contribution in [3.8, 4) is 0 Å². The van der Waals surface area contributed by atoms with Crippen LogP contribution in [0.4, 0.5) is 0 Å². The molecule has 1 rings (SSSR count). The third kappa shape index (κ3) is 3.95. The average Bonchev–Trinajstić information content (AvgIpc) is 2.27. The summed E-state index contributed by atoms with van der Waals surface area (Å²) in [4.78, 5) is 2.52. The Morgan fingerprint density at radius 2 is 1.95 bits per heavy atom. The van der Waals surface area contributed by atoms with E-state index in [1.807, 2.05) is 0 Å². The van der Waals surface area contributed by atoms with Gasteiger partial charge in [-0.2, -0.15) is 0 Å². The molecule has 0 radical (unpaired) electrons. The quantitative estimate of drug-likeness (QED) is 0.813. The third-order valence-electron chi connectivity index (χ3n) is 4.90. The van der Waals surface area contributed by atoms with Crippen molar-refractivity contribution >= 4 is 0 Å². The van der Waals surface area contributed by atoms with Crippen LogP contribution in [-0.2, 0) is 0 Å². The van der Waals surface area contributed by atoms with Crippen molar-refractivity contribution in [1.82, 2.24) is 10.2 Å². The summed E-state index contributed by atoms with van der Waals surface area (Å²) in [6, 6.07) is 0.567. The van der Waals surface area contributed by atoms with Crippen molar-refractivity contribution < 1.29 is 0 Å². The molecular formula is C17H36N2. The minimum Gasteiger partial charge on any atom is -0.312 e. The molecule has 1 aliphatic carbocycles. The molecule has 0 spiro atoms. The van der Waals surface area contributed by atoms with Gasteiger partial charge < -0.3 is 10.2 Å². The fourth-order valence-electron chi connectivity index (χ4n) is 4.08. The molecule has 0 heterocycles. The molecule has 0 amide bonds. The number of rotatable bonds is 5. The summed E-state index contributed by atoms with van der Waals surface area (Å²) in [7, 11) is 4.56. The highest BCUT2D eigenvalue weighted by Crippen LogP contribution is 2.43. The zero-order valence-electron chi connectivity index (χ0n) is 14.3. The molecule has 1 fully saturated rings. The van der Waals surface area contributed by atoms with Gasteiger partial charge in [0, 0.05) is 11.6 Å². The lowest BCUT2D eigenvalue weighted by molar-refractivity contribution is -0.00253. The number of nitrogens with zero attached hydrogens (tertiary/aromatic N) is 1. The van der Waals surface area contributed by atoms with Gasteiger partial charge in [-0.25, -0.2) is 0 Å². The third-order valence-corrected chi connectivity index (χ3v) is 4.90. The minimum absolute atomic E-state index is 0.302. The summed E-state index contributed by atoms with van der Waals surface area (Å²) < 4.78 is 0. The van der Waals surface area contributed by atoms with Crippen LogP contribution in [0.1, 0.15) is 66.7 Å². The number of likely N-dealkylation sites (N-methyl/N-ethyl adjacent to an activating group) is 1. The first-order chi connectivity index (χ1) is 8.74. The van der Waals surface area contributed by atoms with Crippen molar-refractivity contribution in [2.45, 2.75) is 78.3 Å². The molecule has 114 valence electrons. The first-order valence-corrected chi connectivity index (χ1v) is 8.15. The highest BCUT2D eigenvalue weighted by molar-refractivity contribution is 5.06. The molecular weight excluding hydrogens is 232 g/mol. The molecule has 1 saturated carbocycles. The van der Waals surface area contributed by atoms with Crippen LogP contribution in [0, 0.1) is 11.3 Å². The maximum absolute atomic E-state index is 3.88. The summed E-state index contributed by atoms with van der Waals surface area (Å²) in [5.41, 5.74) is 0.627. The molecule has 1 aliphatic rings. The zero-order valence-corrected chi connectivity index (χ0v) is 14.3. The van der Waals surface area contributed by atoms with E-state index in [1.54, 1.807) is 0 Å². The van der Waals surface area contributed by atoms with E-state index >= 15 is 0 Å². The van der Waals surface area contributed by atoms with E-state index in [0.29, 0.717) is 17.0 Å². The predicted molar refractivity (Wildman–Crippen MR) is 85.6 cm³/mol. The second-order valence-corrected chi connectivity index (χ2v) is 7.95. The first kappa shape index (κ1) is 17.0. The molecule has 0 aromatic heterocycles. The Labute approximate surface area is 121 Å². The fraction of sp³-hybridized carbons (Fsp3) is 1.00. The molecule has 3 atom stereocenters. The number of hydrogen-bond acceptors (Lipinski definition) is 2. The molecule has 2 heteroatoms. The molecule has 0 aliphatic heterocycles. The van der Waals surface area contributed by atoms with Gasteiger partial charge in [0.25, 0.3) is 0 Å². The van der Waals surface area contributed by atoms with Crippen LogP contribution >= 0.6 is 0 Å². The van der Waals surface area contributed by atoms with Crippen LogP contribution in [0.2, 0.25) is 0 Å². The van der Waals surface area contributed by atoms with Crippen molar-refractivity contribution in [3.63, 3.8) is 0 Å². The summed E-state index contributed by atoms with van der Waals surface area (Å²) in [5, 5.41) is 3.88. The lowest BCUT2D eigenvalue weighted by Gasteiger charge is -2.54. The monoisotopic (exact) mass is 268 g/mol. The lowest BCUT2D eigenvalue weighted by Crippen LogP contribution is -2.65. The molecule has 19 heavy (non-hydrogen) atoms. The second-order valence-electron chi connectivity index (χ2n) is 7.95. The molecule has 0 aromatic carbocycles. The average molecular weight is 268 g/mol. The van der Waals surface area contributed by atoms with Gasteiger partial charge in [-0.05, 0) is 51.2 Å². The maximum atomic E-state index is 3.88. The summed E-state index contributed by atoms with van der Waals surface area (Å²) in [6.45, 7) is 13.0. The normalized spacial score (nSPS) is 30.6. The standard InChI is InChI=1S/C17H36N2/c1-8-12-18-15(16(3,4)5)17(19(6)7)11-9-10-14(2)13-17/h14-15,18H,8-13H2,1-7H3. The van der Waals surface area contributed by atoms with Gasteiger partial charge in [0.05, 0.1) is 0 Å². The largest absolute Gasteiger partial charge is 0.312 e. The van der Waals surface area contributed by atoms with Gasteiger partial charge in [-0.3, -0.25) is 0 Å². The van der Waals surface area contributed by atoms with Crippen LogP contribution in [0.15, 0.2) is 0 Å². The van der Waals surface area contributed by atoms with Crippen LogP contribution in [-0.4, -0.2) is 37.1 Å². The Kier molecular flexibility index (Phi) is 5.88. The van der Waals surface area contributed by atoms with E-state index in [1.165, 1.54) is 32.1 Å². The lowest BCUT2D eigenvalue weighted by atomic mass is 9.64. The Morgan fingerprint density at radius 3 is 2.37 bits per heavy atom. The molecule has 2 nitrogen and oxygen atoms in total. The summed E-state index contributed by atoms with van der Waals surface area (Å²) >= 11 is 0. The zero-order chi connectivity index (χ0) is 14.7. The van der Waals surface area contributed by atoms with Gasteiger partial charge in [0.15, 0.2) is 0 Å². The molecule has 0 saturated heterocycles. The summed E-state index contributed by atoms with van der Waals surface area (Å²) in [5.74, 6) is 0.851. The Bertz CT molecular complexity index is 267. The van der Waals surface area contributed by atoms with Crippen LogP contribution < -0.4 is 5.32 Å². The van der Waals surface area contributed by atoms with Crippen molar-refractivity contribution in [2.75, 3.05) is 20.6 Å². The highest BCUT2D eigenvalue weighted by atomic mass is 15.2. The van der Waals surface area contributed by atoms with Crippen LogP contribution in [0.3, 0.4) is 0 Å². The van der Waals surface area contributed by atoms with Gasteiger partial charge >= 0.3 is 0 Å². The van der Waals surface area contributed by atoms with E-state index in [2.05, 4.69) is 58.9 Å². The number of hydrogen-bond donors (Lipinski definition) is 1. The van der Waals surface area contributed by atoms with Gasteiger partial charge in [0.2, 0.25) is 0 Å². The number of nitrogens with one attached hydrogen (secondary N) is 1. The van der Waals surface area contributed by atoms with Gasteiger partial charge in [-0.15, -0.1) is 0 Å². The SMILES string of the molecule is CCCNC(C(C)(C)C)C1(N(C)C)CCCC(C)C1. The second kappa shape index (κ2) is 6.58. The van der Waals surface area contributed by atoms with Crippen molar-refractivity contribution in [2.24, 2.45) is 11.3 Å². The van der Waals surface area contributed by atoms with Crippen molar-refractivity contribution in [3.05, 3.63) is 0 Å². The Morgan fingerprint density at radius 1 is 1.32 bits per heavy atom. The molecule has 0 bridgehead atoms. The van der Waals surface area contributed by atoms with E-state index in [0.717, 1.165) is 12.5 Å². The van der Waals surface area contributed by atoms with Gasteiger partial charge in [0.1, 0.15) is 0 Å². The van der Waals surface area contributed by atoms with E-state index in [4.69, 9.17) is 0 Å². The molecule has 0 aromatic rings. The topological polar surface area (TPSA) is 15.3 Å². The molecule has 3 unspecified atom stereocenters. The van der Waals surface area contributed by atoms with Crippen LogP contribution in [0.5, 0.6) is 0 Å².